The van der Waals surface area contributed by atoms with Crippen LogP contribution < -0.4 is 0 Å². The maximum atomic E-state index is 9.50. The zero-order valence-corrected chi connectivity index (χ0v) is 11.3. The fraction of sp³-hybridized carbons (Fsp3) is 0.857. The van der Waals surface area contributed by atoms with Gasteiger partial charge in [0.25, 0.3) is 0 Å². The van der Waals surface area contributed by atoms with Crippen LogP contribution in [0.5, 0.6) is 0 Å². The molecule has 0 radical (unpaired) electrons. The molecular weight excluding hydrogens is 200 g/mol. The van der Waals surface area contributed by atoms with Crippen molar-refractivity contribution in [3.63, 3.8) is 0 Å². The molecule has 0 atom stereocenters. The minimum absolute atomic E-state index is 0.533. The first-order chi connectivity index (χ1) is 7.21. The summed E-state index contributed by atoms with van der Waals surface area (Å²) in [5.41, 5.74) is -1.07. The van der Waals surface area contributed by atoms with Crippen molar-refractivity contribution in [1.82, 2.24) is 0 Å². The molecule has 0 fully saturated rings. The van der Waals surface area contributed by atoms with Crippen LogP contribution in [0, 0.1) is 0 Å². The number of hydrogen-bond donors (Lipinski definition) is 2. The lowest BCUT2D eigenvalue weighted by atomic mass is 10.0. The summed E-state index contributed by atoms with van der Waals surface area (Å²) in [7, 11) is 0. The molecule has 0 aliphatic rings. The molecule has 0 amide bonds. The zero-order valence-electron chi connectivity index (χ0n) is 11.3. The van der Waals surface area contributed by atoms with Crippen molar-refractivity contribution >= 4 is 0 Å². The Morgan fingerprint density at radius 1 is 0.750 bits per heavy atom. The predicted octanol–water partition coefficient (Wildman–Crippen LogP) is 3.43. The molecule has 0 aromatic carbocycles. The van der Waals surface area contributed by atoms with E-state index in [1.807, 2.05) is 27.7 Å². The van der Waals surface area contributed by atoms with Gasteiger partial charge in [-0.05, 0) is 66.2 Å². The van der Waals surface area contributed by atoms with Gasteiger partial charge in [-0.2, -0.15) is 0 Å². The van der Waals surface area contributed by atoms with E-state index in [2.05, 4.69) is 12.2 Å². The Morgan fingerprint density at radius 2 is 1.06 bits per heavy atom. The van der Waals surface area contributed by atoms with Crippen molar-refractivity contribution in [3.8, 4) is 0 Å². The van der Waals surface area contributed by atoms with Gasteiger partial charge in [0.15, 0.2) is 0 Å². The quantitative estimate of drug-likeness (QED) is 0.493. The molecule has 0 aromatic heterocycles. The highest BCUT2D eigenvalue weighted by atomic mass is 16.3. The number of rotatable bonds is 8. The van der Waals surface area contributed by atoms with E-state index in [9.17, 15) is 10.2 Å². The molecule has 96 valence electrons. The monoisotopic (exact) mass is 228 g/mol. The van der Waals surface area contributed by atoms with E-state index < -0.39 is 11.2 Å². The van der Waals surface area contributed by atoms with Crippen LogP contribution in [0.1, 0.15) is 66.2 Å². The number of aliphatic hydroxyl groups is 2. The van der Waals surface area contributed by atoms with Crippen molar-refractivity contribution in [2.45, 2.75) is 77.4 Å². The number of allylic oxidation sites excluding steroid dienone is 2. The summed E-state index contributed by atoms with van der Waals surface area (Å²) >= 11 is 0. The molecule has 2 N–H and O–H groups in total. The van der Waals surface area contributed by atoms with Gasteiger partial charge in [0.2, 0.25) is 0 Å². The summed E-state index contributed by atoms with van der Waals surface area (Å²) in [5.74, 6) is 0. The Hall–Kier alpha value is -0.340. The second-order valence-electron chi connectivity index (χ2n) is 5.88. The molecule has 0 saturated heterocycles. The standard InChI is InChI=1S/C14H28O2/c1-13(2,15)11-9-7-5-6-8-10-12-14(3,4)16/h5-6,15-16H,7-12H2,1-4H3. The molecule has 2 heteroatoms. The molecule has 2 nitrogen and oxygen atoms in total. The SMILES string of the molecule is CC(C)(O)CCCC=CCCCC(C)(C)O. The van der Waals surface area contributed by atoms with E-state index in [4.69, 9.17) is 0 Å². The minimum Gasteiger partial charge on any atom is -0.390 e. The minimum atomic E-state index is -0.533. The van der Waals surface area contributed by atoms with Gasteiger partial charge in [0, 0.05) is 0 Å². The smallest absolute Gasteiger partial charge is 0.0591 e. The maximum absolute atomic E-state index is 9.50. The second-order valence-corrected chi connectivity index (χ2v) is 5.88. The van der Waals surface area contributed by atoms with Crippen molar-refractivity contribution < 1.29 is 10.2 Å². The first-order valence-electron chi connectivity index (χ1n) is 6.30. The lowest BCUT2D eigenvalue weighted by Gasteiger charge is -2.16. The van der Waals surface area contributed by atoms with Gasteiger partial charge in [0.05, 0.1) is 11.2 Å². The molecule has 0 aliphatic carbocycles. The summed E-state index contributed by atoms with van der Waals surface area (Å²) in [6, 6.07) is 0. The average molecular weight is 228 g/mol. The molecule has 0 unspecified atom stereocenters. The highest BCUT2D eigenvalue weighted by Gasteiger charge is 2.11. The molecule has 0 spiro atoms. The molecule has 0 aromatic rings. The van der Waals surface area contributed by atoms with Crippen LogP contribution in [0.25, 0.3) is 0 Å². The van der Waals surface area contributed by atoms with Gasteiger partial charge in [-0.15, -0.1) is 0 Å². The first kappa shape index (κ1) is 15.7. The van der Waals surface area contributed by atoms with E-state index >= 15 is 0 Å². The molecular formula is C14H28O2. The molecule has 0 aliphatic heterocycles. The van der Waals surface area contributed by atoms with E-state index in [0.717, 1.165) is 38.5 Å². The van der Waals surface area contributed by atoms with E-state index in [1.54, 1.807) is 0 Å². The van der Waals surface area contributed by atoms with E-state index in [0.29, 0.717) is 0 Å². The van der Waals surface area contributed by atoms with Crippen LogP contribution in [0.3, 0.4) is 0 Å². The molecule has 0 bridgehead atoms. The number of hydrogen-bond acceptors (Lipinski definition) is 2. The van der Waals surface area contributed by atoms with Crippen LogP contribution in [0.2, 0.25) is 0 Å². The Morgan fingerprint density at radius 3 is 1.31 bits per heavy atom. The van der Waals surface area contributed by atoms with Gasteiger partial charge in [-0.1, -0.05) is 12.2 Å². The van der Waals surface area contributed by atoms with Crippen molar-refractivity contribution in [2.24, 2.45) is 0 Å². The predicted molar refractivity (Wildman–Crippen MR) is 69.4 cm³/mol. The van der Waals surface area contributed by atoms with Crippen molar-refractivity contribution in [1.29, 1.82) is 0 Å². The average Bonchev–Trinajstić information content (AvgIpc) is 2.06. The van der Waals surface area contributed by atoms with Gasteiger partial charge in [0.1, 0.15) is 0 Å². The fourth-order valence-corrected chi connectivity index (χ4v) is 1.54. The largest absolute Gasteiger partial charge is 0.390 e. The summed E-state index contributed by atoms with van der Waals surface area (Å²) in [4.78, 5) is 0. The van der Waals surface area contributed by atoms with Crippen LogP contribution in [0.15, 0.2) is 12.2 Å². The normalized spacial score (nSPS) is 13.6. The van der Waals surface area contributed by atoms with Crippen molar-refractivity contribution in [3.05, 3.63) is 12.2 Å². The van der Waals surface area contributed by atoms with Crippen LogP contribution in [-0.2, 0) is 0 Å². The lowest BCUT2D eigenvalue weighted by molar-refractivity contribution is 0.0682. The highest BCUT2D eigenvalue weighted by molar-refractivity contribution is 4.83. The summed E-state index contributed by atoms with van der Waals surface area (Å²) in [6.07, 6.45) is 10.2. The zero-order chi connectivity index (χ0) is 12.7. The number of unbranched alkanes of at least 4 members (excludes halogenated alkanes) is 2. The Kier molecular flexibility index (Phi) is 6.93. The van der Waals surface area contributed by atoms with E-state index in [-0.39, 0.29) is 0 Å². The van der Waals surface area contributed by atoms with Gasteiger partial charge >= 0.3 is 0 Å². The summed E-state index contributed by atoms with van der Waals surface area (Å²) < 4.78 is 0. The summed E-state index contributed by atoms with van der Waals surface area (Å²) in [5, 5.41) is 19.0. The second kappa shape index (κ2) is 7.08. The van der Waals surface area contributed by atoms with Gasteiger partial charge < -0.3 is 10.2 Å². The van der Waals surface area contributed by atoms with Gasteiger partial charge in [-0.3, -0.25) is 0 Å². The topological polar surface area (TPSA) is 40.5 Å². The lowest BCUT2D eigenvalue weighted by Crippen LogP contribution is -2.17. The molecule has 0 rings (SSSR count). The maximum Gasteiger partial charge on any atom is 0.0591 e. The van der Waals surface area contributed by atoms with Crippen LogP contribution in [-0.4, -0.2) is 21.4 Å². The van der Waals surface area contributed by atoms with Crippen molar-refractivity contribution in [2.75, 3.05) is 0 Å². The van der Waals surface area contributed by atoms with Crippen LogP contribution in [0.4, 0.5) is 0 Å². The van der Waals surface area contributed by atoms with Gasteiger partial charge in [-0.25, -0.2) is 0 Å². The Labute approximate surface area is 100 Å². The Bertz CT molecular complexity index is 172. The first-order valence-corrected chi connectivity index (χ1v) is 6.30. The molecule has 16 heavy (non-hydrogen) atoms. The molecule has 0 saturated carbocycles. The summed E-state index contributed by atoms with van der Waals surface area (Å²) in [6.45, 7) is 7.39. The third kappa shape index (κ3) is 13.7. The third-order valence-electron chi connectivity index (χ3n) is 2.49. The third-order valence-corrected chi connectivity index (χ3v) is 2.49. The van der Waals surface area contributed by atoms with E-state index in [1.165, 1.54) is 0 Å². The molecule has 0 heterocycles. The van der Waals surface area contributed by atoms with Crippen LogP contribution >= 0.6 is 0 Å². The highest BCUT2D eigenvalue weighted by Crippen LogP contribution is 2.14. The fourth-order valence-electron chi connectivity index (χ4n) is 1.54. The Balaban J connectivity index is 3.36.